The van der Waals surface area contributed by atoms with Crippen molar-refractivity contribution in [1.29, 1.82) is 0 Å². The van der Waals surface area contributed by atoms with Crippen LogP contribution in [0.25, 0.3) is 0 Å². The molecule has 108 valence electrons. The maximum absolute atomic E-state index is 12.7. The van der Waals surface area contributed by atoms with Crippen molar-refractivity contribution in [2.45, 2.75) is 39.3 Å². The van der Waals surface area contributed by atoms with Gasteiger partial charge in [-0.15, -0.1) is 0 Å². The van der Waals surface area contributed by atoms with Crippen molar-refractivity contribution >= 4 is 5.82 Å². The van der Waals surface area contributed by atoms with E-state index in [0.717, 1.165) is 31.4 Å². The van der Waals surface area contributed by atoms with Crippen LogP contribution < -0.4 is 10.1 Å². The molecule has 1 aromatic heterocycles. The largest absolute Gasteiger partial charge is 0.478 e. The highest BCUT2D eigenvalue weighted by Gasteiger charge is 2.31. The van der Waals surface area contributed by atoms with Crippen molar-refractivity contribution in [2.24, 2.45) is 0 Å². The van der Waals surface area contributed by atoms with E-state index in [9.17, 15) is 13.2 Å². The van der Waals surface area contributed by atoms with E-state index in [4.69, 9.17) is 4.74 Å². The van der Waals surface area contributed by atoms with Gasteiger partial charge in [0, 0.05) is 12.6 Å². The van der Waals surface area contributed by atoms with Crippen molar-refractivity contribution in [3.8, 4) is 5.88 Å². The first kappa shape index (κ1) is 15.6. The lowest BCUT2D eigenvalue weighted by Crippen LogP contribution is -2.10. The number of ether oxygens (including phenoxy) is 1. The van der Waals surface area contributed by atoms with Crippen LogP contribution in [0.15, 0.2) is 12.1 Å². The predicted molar refractivity (Wildman–Crippen MR) is 68.4 cm³/mol. The van der Waals surface area contributed by atoms with Gasteiger partial charge >= 0.3 is 6.18 Å². The third kappa shape index (κ3) is 5.36. The molecule has 0 aliphatic carbocycles. The van der Waals surface area contributed by atoms with Crippen LogP contribution in [-0.2, 0) is 6.18 Å². The maximum Gasteiger partial charge on any atom is 0.416 e. The van der Waals surface area contributed by atoms with Crippen molar-refractivity contribution in [3.05, 3.63) is 17.7 Å². The van der Waals surface area contributed by atoms with E-state index in [1.165, 1.54) is 0 Å². The molecule has 0 spiro atoms. The first-order valence-corrected chi connectivity index (χ1v) is 6.43. The van der Waals surface area contributed by atoms with E-state index >= 15 is 0 Å². The summed E-state index contributed by atoms with van der Waals surface area (Å²) < 4.78 is 43.4. The summed E-state index contributed by atoms with van der Waals surface area (Å²) in [5.74, 6) is 0.199. The number of rotatable bonds is 7. The Kier molecular flexibility index (Phi) is 5.92. The molecule has 0 aliphatic rings. The van der Waals surface area contributed by atoms with E-state index in [2.05, 4.69) is 10.3 Å². The van der Waals surface area contributed by atoms with Gasteiger partial charge in [-0.05, 0) is 19.4 Å². The zero-order chi connectivity index (χ0) is 14.3. The summed E-state index contributed by atoms with van der Waals surface area (Å²) in [6, 6.07) is 1.93. The van der Waals surface area contributed by atoms with Crippen LogP contribution in [0.4, 0.5) is 19.0 Å². The summed E-state index contributed by atoms with van der Waals surface area (Å²) in [6.45, 7) is 4.73. The summed E-state index contributed by atoms with van der Waals surface area (Å²) in [4.78, 5) is 4.00. The molecule has 0 aliphatic heterocycles. The van der Waals surface area contributed by atoms with Gasteiger partial charge in [0.1, 0.15) is 5.82 Å². The van der Waals surface area contributed by atoms with Crippen LogP contribution in [0, 0.1) is 0 Å². The lowest BCUT2D eigenvalue weighted by molar-refractivity contribution is -0.137. The Hall–Kier alpha value is -1.46. The monoisotopic (exact) mass is 276 g/mol. The number of unbranched alkanes of at least 4 members (excludes halogenated alkanes) is 2. The molecular weight excluding hydrogens is 257 g/mol. The predicted octanol–water partition coefficient (Wildman–Crippen LogP) is 4.10. The first-order chi connectivity index (χ1) is 8.97. The summed E-state index contributed by atoms with van der Waals surface area (Å²) in [5, 5.41) is 2.77. The zero-order valence-corrected chi connectivity index (χ0v) is 11.2. The van der Waals surface area contributed by atoms with Gasteiger partial charge in [0.25, 0.3) is 0 Å². The number of pyridine rings is 1. The molecule has 0 saturated carbocycles. The van der Waals surface area contributed by atoms with Gasteiger partial charge in [-0.1, -0.05) is 19.8 Å². The van der Waals surface area contributed by atoms with Crippen molar-refractivity contribution in [1.82, 2.24) is 4.98 Å². The Labute approximate surface area is 111 Å². The van der Waals surface area contributed by atoms with E-state index in [0.29, 0.717) is 13.2 Å². The van der Waals surface area contributed by atoms with Gasteiger partial charge in [-0.25, -0.2) is 0 Å². The molecule has 0 amide bonds. The average Bonchev–Trinajstić information content (AvgIpc) is 2.34. The van der Waals surface area contributed by atoms with Crippen LogP contribution in [0.2, 0.25) is 0 Å². The number of anilines is 1. The summed E-state index contributed by atoms with van der Waals surface area (Å²) in [7, 11) is 0. The second-order valence-electron chi connectivity index (χ2n) is 4.16. The minimum Gasteiger partial charge on any atom is -0.478 e. The fourth-order valence-electron chi connectivity index (χ4n) is 1.54. The van der Waals surface area contributed by atoms with Gasteiger partial charge in [-0.2, -0.15) is 18.2 Å². The third-order valence-electron chi connectivity index (χ3n) is 2.48. The lowest BCUT2D eigenvalue weighted by Gasteiger charge is -2.12. The number of alkyl halides is 3. The second-order valence-corrected chi connectivity index (χ2v) is 4.16. The minimum atomic E-state index is -4.39. The summed E-state index contributed by atoms with van der Waals surface area (Å²) in [5.41, 5.74) is -0.746. The molecule has 0 saturated heterocycles. The van der Waals surface area contributed by atoms with Gasteiger partial charge < -0.3 is 10.1 Å². The van der Waals surface area contributed by atoms with Gasteiger partial charge in [0.15, 0.2) is 0 Å². The van der Waals surface area contributed by atoms with Crippen LogP contribution >= 0.6 is 0 Å². The molecule has 0 bridgehead atoms. The van der Waals surface area contributed by atoms with E-state index in [1.54, 1.807) is 6.92 Å². The number of hydrogen-bond acceptors (Lipinski definition) is 3. The molecule has 6 heteroatoms. The molecule has 1 N–H and O–H groups in total. The molecule has 0 unspecified atom stereocenters. The quantitative estimate of drug-likeness (QED) is 0.761. The smallest absolute Gasteiger partial charge is 0.416 e. The van der Waals surface area contributed by atoms with E-state index < -0.39 is 11.7 Å². The fourth-order valence-corrected chi connectivity index (χ4v) is 1.54. The van der Waals surface area contributed by atoms with Crippen LogP contribution in [0.3, 0.4) is 0 Å². The fraction of sp³-hybridized carbons (Fsp3) is 0.615. The standard InChI is InChI=1S/C13H19F3N2O/c1-3-5-6-7-19-12-9-10(13(14,15)16)8-11(18-12)17-4-2/h8-9H,3-7H2,1-2H3,(H,17,18). The number of nitrogens with one attached hydrogen (secondary N) is 1. The number of nitrogens with zero attached hydrogens (tertiary/aromatic N) is 1. The van der Waals surface area contributed by atoms with Crippen LogP contribution in [0.5, 0.6) is 5.88 Å². The van der Waals surface area contributed by atoms with E-state index in [1.807, 2.05) is 6.92 Å². The maximum atomic E-state index is 12.7. The number of aromatic nitrogens is 1. The Morgan fingerprint density at radius 3 is 2.53 bits per heavy atom. The van der Waals surface area contributed by atoms with E-state index in [-0.39, 0.29) is 11.7 Å². The Balaban J connectivity index is 2.81. The van der Waals surface area contributed by atoms with Gasteiger partial charge in [0.05, 0.1) is 12.2 Å². The van der Waals surface area contributed by atoms with Crippen molar-refractivity contribution < 1.29 is 17.9 Å². The molecule has 1 aromatic rings. The van der Waals surface area contributed by atoms with Crippen molar-refractivity contribution in [3.63, 3.8) is 0 Å². The molecule has 0 radical (unpaired) electrons. The average molecular weight is 276 g/mol. The van der Waals surface area contributed by atoms with Gasteiger partial charge in [-0.3, -0.25) is 0 Å². The third-order valence-corrected chi connectivity index (χ3v) is 2.48. The van der Waals surface area contributed by atoms with Gasteiger partial charge in [0.2, 0.25) is 5.88 Å². The molecule has 0 fully saturated rings. The van der Waals surface area contributed by atoms with Crippen LogP contribution in [0.1, 0.15) is 38.7 Å². The lowest BCUT2D eigenvalue weighted by atomic mass is 10.2. The highest BCUT2D eigenvalue weighted by atomic mass is 19.4. The molecule has 1 heterocycles. The SMILES string of the molecule is CCCCCOc1cc(C(F)(F)F)cc(NCC)n1. The zero-order valence-electron chi connectivity index (χ0n) is 11.2. The molecular formula is C13H19F3N2O. The molecule has 19 heavy (non-hydrogen) atoms. The normalized spacial score (nSPS) is 11.4. The Morgan fingerprint density at radius 1 is 1.21 bits per heavy atom. The Morgan fingerprint density at radius 2 is 1.95 bits per heavy atom. The highest BCUT2D eigenvalue weighted by Crippen LogP contribution is 2.32. The van der Waals surface area contributed by atoms with Crippen LogP contribution in [-0.4, -0.2) is 18.1 Å². The Bertz CT molecular complexity index is 394. The molecule has 0 atom stereocenters. The topological polar surface area (TPSA) is 34.1 Å². The summed E-state index contributed by atoms with van der Waals surface area (Å²) in [6.07, 6.45) is -1.57. The molecule has 1 rings (SSSR count). The minimum absolute atomic E-state index is 0.0156. The first-order valence-electron chi connectivity index (χ1n) is 6.43. The molecule has 0 aromatic carbocycles. The molecule has 3 nitrogen and oxygen atoms in total. The summed E-state index contributed by atoms with van der Waals surface area (Å²) >= 11 is 0. The number of halogens is 3. The number of hydrogen-bond donors (Lipinski definition) is 1. The van der Waals surface area contributed by atoms with Crippen molar-refractivity contribution in [2.75, 3.05) is 18.5 Å². The highest BCUT2D eigenvalue weighted by molar-refractivity contribution is 5.42. The second kappa shape index (κ2) is 7.21.